The van der Waals surface area contributed by atoms with Crippen LogP contribution >= 0.6 is 39.1 Å². The number of carbonyl (C=O) groups is 1. The van der Waals surface area contributed by atoms with Gasteiger partial charge in [0.25, 0.3) is 5.69 Å². The summed E-state index contributed by atoms with van der Waals surface area (Å²) in [7, 11) is 1.50. The van der Waals surface area contributed by atoms with Gasteiger partial charge in [0.2, 0.25) is 5.91 Å². The highest BCUT2D eigenvalue weighted by Gasteiger charge is 2.15. The number of methoxy groups -OCH3 is 1. The van der Waals surface area contributed by atoms with E-state index in [9.17, 15) is 14.9 Å². The lowest BCUT2D eigenvalue weighted by Crippen LogP contribution is -2.20. The molecule has 0 fully saturated rings. The normalized spacial score (nSPS) is 10.8. The quantitative estimate of drug-likeness (QED) is 0.196. The molecule has 0 aliphatic rings. The van der Waals surface area contributed by atoms with Crippen LogP contribution in [0, 0.1) is 10.1 Å². The number of hydrazone groups is 1. The third-order valence-electron chi connectivity index (χ3n) is 4.61. The molecule has 34 heavy (non-hydrogen) atoms. The number of hydrogen-bond acceptors (Lipinski definition) is 6. The number of ether oxygens (including phenoxy) is 2. The van der Waals surface area contributed by atoms with Crippen molar-refractivity contribution in [2.75, 3.05) is 7.11 Å². The van der Waals surface area contributed by atoms with E-state index in [-0.39, 0.29) is 18.7 Å². The van der Waals surface area contributed by atoms with E-state index in [4.69, 9.17) is 32.7 Å². The number of halogens is 3. The molecule has 0 saturated heterocycles. The highest BCUT2D eigenvalue weighted by molar-refractivity contribution is 9.10. The van der Waals surface area contributed by atoms with Gasteiger partial charge >= 0.3 is 0 Å². The van der Waals surface area contributed by atoms with Gasteiger partial charge in [-0.3, -0.25) is 14.9 Å². The molecular formula is C23H18BrCl2N3O5. The topological polar surface area (TPSA) is 103 Å². The van der Waals surface area contributed by atoms with E-state index in [0.717, 1.165) is 5.56 Å². The summed E-state index contributed by atoms with van der Waals surface area (Å²) in [6.45, 7) is 0.202. The molecule has 0 unspecified atom stereocenters. The lowest BCUT2D eigenvalue weighted by atomic mass is 10.1. The summed E-state index contributed by atoms with van der Waals surface area (Å²) in [5.74, 6) is 0.423. The number of nitrogens with one attached hydrogen (secondary N) is 1. The molecule has 3 aromatic rings. The van der Waals surface area contributed by atoms with Crippen LogP contribution in [0.4, 0.5) is 5.69 Å². The predicted octanol–water partition coefficient (Wildman–Crippen LogP) is 5.94. The average Bonchev–Trinajstić information content (AvgIpc) is 2.80. The van der Waals surface area contributed by atoms with E-state index in [0.29, 0.717) is 37.1 Å². The molecule has 0 aliphatic carbocycles. The molecule has 0 spiro atoms. The van der Waals surface area contributed by atoms with Crippen LogP contribution in [0.25, 0.3) is 0 Å². The molecule has 0 atom stereocenters. The Morgan fingerprint density at radius 2 is 1.91 bits per heavy atom. The maximum Gasteiger partial charge on any atom is 0.273 e. The third kappa shape index (κ3) is 6.69. The zero-order valence-electron chi connectivity index (χ0n) is 17.8. The SMILES string of the molecule is COc1cc(/C=N/NC(=O)Cc2ccccc2[N+](=O)[O-])c(Br)cc1OCc1ccc(Cl)cc1Cl. The second kappa shape index (κ2) is 11.8. The fourth-order valence-corrected chi connectivity index (χ4v) is 3.83. The summed E-state index contributed by atoms with van der Waals surface area (Å²) >= 11 is 15.6. The van der Waals surface area contributed by atoms with Crippen molar-refractivity contribution in [3.05, 3.63) is 95.9 Å². The van der Waals surface area contributed by atoms with Crippen molar-refractivity contribution in [3.8, 4) is 11.5 Å². The zero-order valence-corrected chi connectivity index (χ0v) is 20.9. The largest absolute Gasteiger partial charge is 0.493 e. The van der Waals surface area contributed by atoms with Gasteiger partial charge in [-0.25, -0.2) is 5.43 Å². The smallest absolute Gasteiger partial charge is 0.273 e. The highest BCUT2D eigenvalue weighted by Crippen LogP contribution is 2.34. The zero-order chi connectivity index (χ0) is 24.7. The number of rotatable bonds is 9. The molecule has 0 aromatic heterocycles. The van der Waals surface area contributed by atoms with Gasteiger partial charge in [-0.15, -0.1) is 0 Å². The van der Waals surface area contributed by atoms with Gasteiger partial charge in [-0.2, -0.15) is 5.10 Å². The summed E-state index contributed by atoms with van der Waals surface area (Å²) in [6, 6.07) is 14.6. The van der Waals surface area contributed by atoms with Gasteiger partial charge in [0.1, 0.15) is 6.61 Å². The van der Waals surface area contributed by atoms with Crippen LogP contribution in [-0.2, 0) is 17.8 Å². The first-order valence-corrected chi connectivity index (χ1v) is 11.3. The maximum atomic E-state index is 12.2. The van der Waals surface area contributed by atoms with Crippen LogP contribution in [0.5, 0.6) is 11.5 Å². The van der Waals surface area contributed by atoms with Gasteiger partial charge in [0.15, 0.2) is 11.5 Å². The number of hydrogen-bond donors (Lipinski definition) is 1. The van der Waals surface area contributed by atoms with Crippen LogP contribution in [0.2, 0.25) is 10.0 Å². The van der Waals surface area contributed by atoms with Crippen LogP contribution < -0.4 is 14.9 Å². The van der Waals surface area contributed by atoms with Crippen molar-refractivity contribution in [2.24, 2.45) is 5.10 Å². The minimum absolute atomic E-state index is 0.121. The van der Waals surface area contributed by atoms with E-state index in [1.807, 2.05) is 0 Å². The fraction of sp³-hybridized carbons (Fsp3) is 0.130. The second-order valence-corrected chi connectivity index (χ2v) is 8.60. The molecular weight excluding hydrogens is 549 g/mol. The molecule has 3 aromatic carbocycles. The monoisotopic (exact) mass is 565 g/mol. The molecule has 0 aliphatic heterocycles. The van der Waals surface area contributed by atoms with Crippen LogP contribution in [-0.4, -0.2) is 24.2 Å². The summed E-state index contributed by atoms with van der Waals surface area (Å²) in [6.07, 6.45) is 1.24. The molecule has 0 saturated carbocycles. The van der Waals surface area contributed by atoms with Crippen LogP contribution in [0.1, 0.15) is 16.7 Å². The summed E-state index contributed by atoms with van der Waals surface area (Å²) in [5.41, 5.74) is 3.92. The molecule has 176 valence electrons. The van der Waals surface area contributed by atoms with Crippen LogP contribution in [0.15, 0.2) is 64.2 Å². The summed E-state index contributed by atoms with van der Waals surface area (Å²) in [4.78, 5) is 22.7. The Morgan fingerprint density at radius 1 is 1.15 bits per heavy atom. The van der Waals surface area contributed by atoms with Gasteiger partial charge in [-0.05, 0) is 40.2 Å². The first-order valence-electron chi connectivity index (χ1n) is 9.77. The van der Waals surface area contributed by atoms with E-state index >= 15 is 0 Å². The fourth-order valence-electron chi connectivity index (χ4n) is 2.94. The summed E-state index contributed by atoms with van der Waals surface area (Å²) in [5, 5.41) is 16.1. The Bertz CT molecular complexity index is 1250. The molecule has 11 heteroatoms. The van der Waals surface area contributed by atoms with Crippen molar-refractivity contribution in [2.45, 2.75) is 13.0 Å². The second-order valence-electron chi connectivity index (χ2n) is 6.90. The molecule has 3 rings (SSSR count). The number of carbonyl (C=O) groups excluding carboxylic acids is 1. The van der Waals surface area contributed by atoms with Crippen LogP contribution in [0.3, 0.4) is 0 Å². The molecule has 0 heterocycles. The summed E-state index contributed by atoms with van der Waals surface area (Å²) < 4.78 is 11.9. The van der Waals surface area contributed by atoms with E-state index in [1.165, 1.54) is 25.5 Å². The molecule has 0 radical (unpaired) electrons. The van der Waals surface area contributed by atoms with Gasteiger partial charge < -0.3 is 9.47 Å². The number of amides is 1. The lowest BCUT2D eigenvalue weighted by Gasteiger charge is -2.13. The minimum Gasteiger partial charge on any atom is -0.493 e. The van der Waals surface area contributed by atoms with Crippen molar-refractivity contribution in [1.82, 2.24) is 5.43 Å². The van der Waals surface area contributed by atoms with Crippen molar-refractivity contribution >= 4 is 56.9 Å². The number of nitrogens with zero attached hydrogens (tertiary/aromatic N) is 2. The van der Waals surface area contributed by atoms with Crippen molar-refractivity contribution in [3.63, 3.8) is 0 Å². The predicted molar refractivity (Wildman–Crippen MR) is 134 cm³/mol. The first-order chi connectivity index (χ1) is 16.3. The standard InChI is InChI=1S/C23H18BrCl2N3O5/c1-33-21-8-16(12-27-28-23(30)9-14-4-2-3-5-20(14)29(31)32)18(24)11-22(21)34-13-15-6-7-17(25)10-19(15)26/h2-8,10-12H,9,13H2,1H3,(H,28,30)/b27-12+. The molecule has 0 bridgehead atoms. The molecule has 1 amide bonds. The Kier molecular flexibility index (Phi) is 8.86. The van der Waals surface area contributed by atoms with Crippen molar-refractivity contribution < 1.29 is 19.2 Å². The Hall–Kier alpha value is -3.14. The van der Waals surface area contributed by atoms with Gasteiger partial charge in [0.05, 0.1) is 24.7 Å². The third-order valence-corrected chi connectivity index (χ3v) is 5.89. The maximum absolute atomic E-state index is 12.2. The average molecular weight is 567 g/mol. The van der Waals surface area contributed by atoms with E-state index in [1.54, 1.807) is 42.5 Å². The van der Waals surface area contributed by atoms with Gasteiger partial charge in [-0.1, -0.05) is 47.5 Å². The first kappa shape index (κ1) is 25.5. The molecule has 8 nitrogen and oxygen atoms in total. The minimum atomic E-state index is -0.528. The lowest BCUT2D eigenvalue weighted by molar-refractivity contribution is -0.385. The number of nitro groups is 1. The van der Waals surface area contributed by atoms with Gasteiger partial charge in [0, 0.05) is 37.3 Å². The van der Waals surface area contributed by atoms with Crippen molar-refractivity contribution in [1.29, 1.82) is 0 Å². The number of nitro benzene ring substituents is 1. The highest BCUT2D eigenvalue weighted by atomic mass is 79.9. The molecule has 1 N–H and O–H groups in total. The number of benzene rings is 3. The Labute approximate surface area is 213 Å². The van der Waals surface area contributed by atoms with E-state index in [2.05, 4.69) is 26.5 Å². The Balaban J connectivity index is 1.67. The van der Waals surface area contributed by atoms with E-state index < -0.39 is 10.8 Å². The Morgan fingerprint density at radius 3 is 2.62 bits per heavy atom. The number of para-hydroxylation sites is 1.